The molecule has 0 aliphatic carbocycles. The predicted octanol–water partition coefficient (Wildman–Crippen LogP) is 3.32. The SMILES string of the molecule is CN(C(=O)CN1CCCC(C2OCCO2)C1)C(c1ccccc1)c1ccccc1. The van der Waals surface area contributed by atoms with E-state index in [2.05, 4.69) is 29.2 Å². The third-order valence-electron chi connectivity index (χ3n) is 5.94. The van der Waals surface area contributed by atoms with Crippen LogP contribution in [0, 0.1) is 5.92 Å². The quantitative estimate of drug-likeness (QED) is 0.754. The number of ether oxygens (including phenoxy) is 2. The topological polar surface area (TPSA) is 42.0 Å². The van der Waals surface area contributed by atoms with E-state index in [0.717, 1.165) is 37.1 Å². The van der Waals surface area contributed by atoms with E-state index in [1.54, 1.807) is 0 Å². The molecule has 154 valence electrons. The zero-order chi connectivity index (χ0) is 20.1. The van der Waals surface area contributed by atoms with Crippen molar-refractivity contribution < 1.29 is 14.3 Å². The summed E-state index contributed by atoms with van der Waals surface area (Å²) < 4.78 is 11.4. The zero-order valence-corrected chi connectivity index (χ0v) is 17.1. The lowest BCUT2D eigenvalue weighted by molar-refractivity contribution is -0.135. The molecule has 1 unspecified atom stereocenters. The van der Waals surface area contributed by atoms with Gasteiger partial charge >= 0.3 is 0 Å². The number of likely N-dealkylation sites (tertiary alicyclic amines) is 1. The summed E-state index contributed by atoms with van der Waals surface area (Å²) in [4.78, 5) is 17.4. The number of carbonyl (C=O) groups is 1. The van der Waals surface area contributed by atoms with Crippen LogP contribution in [0.25, 0.3) is 0 Å². The van der Waals surface area contributed by atoms with Crippen LogP contribution < -0.4 is 0 Å². The van der Waals surface area contributed by atoms with Gasteiger partial charge in [-0.2, -0.15) is 0 Å². The van der Waals surface area contributed by atoms with Crippen molar-refractivity contribution >= 4 is 5.91 Å². The first-order valence-corrected chi connectivity index (χ1v) is 10.5. The monoisotopic (exact) mass is 394 g/mol. The molecule has 0 bridgehead atoms. The molecule has 2 heterocycles. The van der Waals surface area contributed by atoms with Crippen molar-refractivity contribution in [2.75, 3.05) is 39.9 Å². The molecule has 0 saturated carbocycles. The number of nitrogens with zero attached hydrogens (tertiary/aromatic N) is 2. The first-order chi connectivity index (χ1) is 14.2. The maximum absolute atomic E-state index is 13.2. The highest BCUT2D eigenvalue weighted by atomic mass is 16.7. The fourth-order valence-corrected chi connectivity index (χ4v) is 4.46. The molecule has 0 radical (unpaired) electrons. The van der Waals surface area contributed by atoms with E-state index in [1.165, 1.54) is 0 Å². The first-order valence-electron chi connectivity index (χ1n) is 10.5. The van der Waals surface area contributed by atoms with Crippen molar-refractivity contribution in [3.05, 3.63) is 71.8 Å². The second-order valence-corrected chi connectivity index (χ2v) is 7.98. The van der Waals surface area contributed by atoms with Gasteiger partial charge in [-0.25, -0.2) is 0 Å². The summed E-state index contributed by atoms with van der Waals surface area (Å²) in [5.41, 5.74) is 2.25. The molecule has 1 amide bonds. The molecular formula is C24H30N2O3. The highest BCUT2D eigenvalue weighted by molar-refractivity contribution is 5.79. The minimum atomic E-state index is -0.105. The fraction of sp³-hybridized carbons (Fsp3) is 0.458. The van der Waals surface area contributed by atoms with Gasteiger partial charge in [0.25, 0.3) is 0 Å². The molecule has 2 aromatic rings. The van der Waals surface area contributed by atoms with E-state index < -0.39 is 0 Å². The van der Waals surface area contributed by atoms with Gasteiger partial charge in [0.15, 0.2) is 6.29 Å². The molecule has 5 heteroatoms. The third-order valence-corrected chi connectivity index (χ3v) is 5.94. The van der Waals surface area contributed by atoms with Crippen LogP contribution in [0.4, 0.5) is 0 Å². The third kappa shape index (κ3) is 4.86. The van der Waals surface area contributed by atoms with E-state index >= 15 is 0 Å². The van der Waals surface area contributed by atoms with E-state index in [-0.39, 0.29) is 18.2 Å². The van der Waals surface area contributed by atoms with Gasteiger partial charge in [0.05, 0.1) is 25.8 Å². The number of piperidine rings is 1. The van der Waals surface area contributed by atoms with Crippen LogP contribution in [-0.4, -0.2) is 61.9 Å². The molecule has 29 heavy (non-hydrogen) atoms. The Morgan fingerprint density at radius 3 is 2.21 bits per heavy atom. The largest absolute Gasteiger partial charge is 0.350 e. The van der Waals surface area contributed by atoms with Crippen LogP contribution in [0.2, 0.25) is 0 Å². The Kier molecular flexibility index (Phi) is 6.60. The van der Waals surface area contributed by atoms with Gasteiger partial charge in [0, 0.05) is 19.5 Å². The molecule has 2 aliphatic rings. The molecule has 2 saturated heterocycles. The predicted molar refractivity (Wildman–Crippen MR) is 112 cm³/mol. The Balaban J connectivity index is 1.46. The molecule has 1 atom stereocenters. The van der Waals surface area contributed by atoms with Crippen molar-refractivity contribution in [2.24, 2.45) is 5.92 Å². The highest BCUT2D eigenvalue weighted by Gasteiger charge is 2.32. The Morgan fingerprint density at radius 2 is 1.62 bits per heavy atom. The summed E-state index contributed by atoms with van der Waals surface area (Å²) in [6, 6.07) is 20.4. The number of hydrogen-bond donors (Lipinski definition) is 0. The Morgan fingerprint density at radius 1 is 1.03 bits per heavy atom. The Hall–Kier alpha value is -2.21. The van der Waals surface area contributed by atoms with Gasteiger partial charge in [-0.05, 0) is 30.5 Å². The average molecular weight is 395 g/mol. The number of rotatable bonds is 6. The molecule has 0 spiro atoms. The van der Waals surface area contributed by atoms with Crippen molar-refractivity contribution in [1.82, 2.24) is 9.80 Å². The molecule has 4 rings (SSSR count). The van der Waals surface area contributed by atoms with Crippen LogP contribution in [0.3, 0.4) is 0 Å². The summed E-state index contributed by atoms with van der Waals surface area (Å²) in [6.45, 7) is 3.59. The number of amides is 1. The van der Waals surface area contributed by atoms with Crippen LogP contribution >= 0.6 is 0 Å². The summed E-state index contributed by atoms with van der Waals surface area (Å²) >= 11 is 0. The van der Waals surface area contributed by atoms with Gasteiger partial charge < -0.3 is 14.4 Å². The summed E-state index contributed by atoms with van der Waals surface area (Å²) in [5, 5.41) is 0. The van der Waals surface area contributed by atoms with Crippen LogP contribution in [-0.2, 0) is 14.3 Å². The number of carbonyl (C=O) groups excluding carboxylic acids is 1. The zero-order valence-electron chi connectivity index (χ0n) is 17.1. The minimum Gasteiger partial charge on any atom is -0.350 e. The molecule has 0 aromatic heterocycles. The smallest absolute Gasteiger partial charge is 0.237 e. The van der Waals surface area contributed by atoms with Gasteiger partial charge in [-0.15, -0.1) is 0 Å². The first kappa shape index (κ1) is 20.1. The number of benzene rings is 2. The lowest BCUT2D eigenvalue weighted by Gasteiger charge is -2.36. The van der Waals surface area contributed by atoms with E-state index in [9.17, 15) is 4.79 Å². The van der Waals surface area contributed by atoms with E-state index in [0.29, 0.717) is 25.7 Å². The van der Waals surface area contributed by atoms with Gasteiger partial charge in [-0.3, -0.25) is 9.69 Å². The molecule has 2 aromatic carbocycles. The van der Waals surface area contributed by atoms with Crippen molar-refractivity contribution in [3.8, 4) is 0 Å². The number of hydrogen-bond acceptors (Lipinski definition) is 4. The van der Waals surface area contributed by atoms with Crippen LogP contribution in [0.5, 0.6) is 0 Å². The highest BCUT2D eigenvalue weighted by Crippen LogP contribution is 2.29. The van der Waals surface area contributed by atoms with Gasteiger partial charge in [-0.1, -0.05) is 60.7 Å². The summed E-state index contributed by atoms with van der Waals surface area (Å²) in [7, 11) is 1.91. The standard InChI is InChI=1S/C24H30N2O3/c1-25(23(19-9-4-2-5-10-19)20-11-6-3-7-12-20)22(27)18-26-14-8-13-21(17-26)24-28-15-16-29-24/h2-7,9-12,21,23-24H,8,13-18H2,1H3. The molecular weight excluding hydrogens is 364 g/mol. The van der Waals surface area contributed by atoms with E-state index in [1.807, 2.05) is 48.3 Å². The minimum absolute atomic E-state index is 0.0908. The lowest BCUT2D eigenvalue weighted by atomic mass is 9.96. The molecule has 2 aliphatic heterocycles. The second-order valence-electron chi connectivity index (χ2n) is 7.98. The van der Waals surface area contributed by atoms with Crippen molar-refractivity contribution in [2.45, 2.75) is 25.2 Å². The van der Waals surface area contributed by atoms with Crippen molar-refractivity contribution in [1.29, 1.82) is 0 Å². The van der Waals surface area contributed by atoms with Gasteiger partial charge in [0.1, 0.15) is 0 Å². The Bertz CT molecular complexity index is 738. The maximum Gasteiger partial charge on any atom is 0.237 e. The summed E-state index contributed by atoms with van der Waals surface area (Å²) in [5.74, 6) is 0.486. The Labute approximate surface area is 173 Å². The van der Waals surface area contributed by atoms with Crippen LogP contribution in [0.15, 0.2) is 60.7 Å². The maximum atomic E-state index is 13.2. The fourth-order valence-electron chi connectivity index (χ4n) is 4.46. The van der Waals surface area contributed by atoms with Gasteiger partial charge in [0.2, 0.25) is 5.91 Å². The summed E-state index contributed by atoms with van der Waals surface area (Å²) in [6.07, 6.45) is 2.07. The average Bonchev–Trinajstić information content (AvgIpc) is 3.31. The van der Waals surface area contributed by atoms with Crippen molar-refractivity contribution in [3.63, 3.8) is 0 Å². The normalized spacial score (nSPS) is 20.8. The molecule has 0 N–H and O–H groups in total. The lowest BCUT2D eigenvalue weighted by Crippen LogP contribution is -2.46. The second kappa shape index (κ2) is 9.53. The van der Waals surface area contributed by atoms with E-state index in [4.69, 9.17) is 9.47 Å². The molecule has 5 nitrogen and oxygen atoms in total. The molecule has 2 fully saturated rings. The van der Waals surface area contributed by atoms with Crippen LogP contribution in [0.1, 0.15) is 30.0 Å². The number of likely N-dealkylation sites (N-methyl/N-ethyl adjacent to an activating group) is 1.